The van der Waals surface area contributed by atoms with Crippen LogP contribution in [-0.2, 0) is 0 Å². The minimum atomic E-state index is -0.932. The van der Waals surface area contributed by atoms with Gasteiger partial charge >= 0.3 is 10.3 Å². The third-order valence-electron chi connectivity index (χ3n) is 2.23. The molecule has 0 aliphatic carbocycles. The van der Waals surface area contributed by atoms with E-state index in [9.17, 15) is 20.2 Å². The zero-order chi connectivity index (χ0) is 20.6. The fourth-order valence-corrected chi connectivity index (χ4v) is 2.34. The van der Waals surface area contributed by atoms with Crippen molar-refractivity contribution in [3.05, 3.63) is 61.0 Å². The number of halogens is 8. The lowest BCUT2D eigenvalue weighted by atomic mass is 10.4. The summed E-state index contributed by atoms with van der Waals surface area (Å²) in [7, 11) is 0. The lowest BCUT2D eigenvalue weighted by molar-refractivity contribution is -0.413. The largest absolute Gasteiger partial charge is 0.376 e. The summed E-state index contributed by atoms with van der Waals surface area (Å²) in [4.78, 5) is 19.7. The van der Waals surface area contributed by atoms with Gasteiger partial charge in [0.2, 0.25) is 0 Å². The van der Waals surface area contributed by atoms with E-state index in [1.807, 2.05) is 0 Å². The monoisotopic (exact) mass is 526 g/mol. The van der Waals surface area contributed by atoms with Crippen molar-refractivity contribution >= 4 is 92.8 Å². The highest BCUT2D eigenvalue weighted by Gasteiger charge is 2.22. The molecule has 0 aliphatic rings. The first-order chi connectivity index (χ1) is 11.9. The Hall–Kier alpha value is -0.320. The number of hydrogen-bond donors (Lipinski definition) is 2. The van der Waals surface area contributed by atoms with E-state index in [1.165, 1.54) is 0 Å². The maximum atomic E-state index is 10.8. The third kappa shape index (κ3) is 8.14. The van der Waals surface area contributed by atoms with E-state index >= 15 is 0 Å². The van der Waals surface area contributed by atoms with Crippen molar-refractivity contribution in [3.63, 3.8) is 0 Å². The number of allylic oxidation sites excluding steroid dienone is 2. The molecule has 0 aromatic heterocycles. The number of nitrogens with one attached hydrogen (secondary N) is 2. The van der Waals surface area contributed by atoms with Gasteiger partial charge in [-0.3, -0.25) is 20.2 Å². The van der Waals surface area contributed by atoms with Crippen molar-refractivity contribution in [1.29, 1.82) is 0 Å². The minimum Gasteiger partial charge on any atom is -0.376 e. The van der Waals surface area contributed by atoms with Crippen LogP contribution in [0.1, 0.15) is 0 Å². The van der Waals surface area contributed by atoms with Gasteiger partial charge in [0.05, 0.1) is 9.85 Å². The highest BCUT2D eigenvalue weighted by molar-refractivity contribution is 6.60. The molecule has 0 aromatic rings. The smallest absolute Gasteiger partial charge is 0.361 e. The van der Waals surface area contributed by atoms with Crippen molar-refractivity contribution in [2.75, 3.05) is 13.1 Å². The van der Waals surface area contributed by atoms with Gasteiger partial charge in [-0.1, -0.05) is 69.6 Å². The fourth-order valence-electron chi connectivity index (χ4n) is 1.23. The number of nitrogens with zero attached hydrogens (tertiary/aromatic N) is 2. The summed E-state index contributed by atoms with van der Waals surface area (Å²) in [5.41, 5.74) is -0.744. The van der Waals surface area contributed by atoms with Crippen molar-refractivity contribution < 1.29 is 9.85 Å². The summed E-state index contributed by atoms with van der Waals surface area (Å²) >= 11 is 44.5. The Labute approximate surface area is 186 Å². The van der Waals surface area contributed by atoms with Gasteiger partial charge in [-0.2, -0.15) is 0 Å². The summed E-state index contributed by atoms with van der Waals surface area (Å²) in [6.45, 7) is -0.210. The van der Waals surface area contributed by atoms with Gasteiger partial charge in [-0.15, -0.1) is 0 Å². The number of nitro groups is 2. The Balaban J connectivity index is 5.36. The van der Waals surface area contributed by atoms with Gasteiger partial charge in [0.1, 0.15) is 30.4 Å². The zero-order valence-electron chi connectivity index (χ0n) is 12.0. The second kappa shape index (κ2) is 12.2. The van der Waals surface area contributed by atoms with Crippen molar-refractivity contribution in [2.24, 2.45) is 0 Å². The molecular formula is C10H6Cl8N4O4. The maximum absolute atomic E-state index is 10.8. The molecule has 0 aromatic carbocycles. The third-order valence-corrected chi connectivity index (χ3v) is 4.79. The molecule has 0 radical (unpaired) electrons. The molecule has 0 aliphatic heterocycles. The lowest BCUT2D eigenvalue weighted by Crippen LogP contribution is -2.29. The van der Waals surface area contributed by atoms with E-state index in [4.69, 9.17) is 92.8 Å². The van der Waals surface area contributed by atoms with E-state index in [1.54, 1.807) is 0 Å². The molecule has 0 saturated heterocycles. The summed E-state index contributed by atoms with van der Waals surface area (Å²) in [5.74, 6) is 0. The number of rotatable bonds is 9. The van der Waals surface area contributed by atoms with E-state index in [0.29, 0.717) is 0 Å². The average Bonchev–Trinajstić information content (AvgIpc) is 2.55. The molecule has 0 amide bonds. The molecule has 0 saturated carbocycles. The van der Waals surface area contributed by atoms with Gasteiger partial charge in [0.25, 0.3) is 0 Å². The lowest BCUT2D eigenvalue weighted by Gasteiger charge is -2.12. The Bertz CT molecular complexity index is 650. The Morgan fingerprint density at radius 3 is 1.12 bits per heavy atom. The predicted molar refractivity (Wildman–Crippen MR) is 105 cm³/mol. The SMILES string of the molecule is O=[N+]([O-])/C(Cl)=C(/NCCN/C(C(Cl)=C(Cl)Cl)=C(\Cl)[N+](=O)[O-])C(Cl)=C(Cl)Cl. The molecule has 0 fully saturated rings. The van der Waals surface area contributed by atoms with Crippen LogP contribution in [0.3, 0.4) is 0 Å². The predicted octanol–water partition coefficient (Wildman–Crippen LogP) is 5.31. The molecule has 0 spiro atoms. The normalized spacial score (nSPS) is 12.5. The summed E-state index contributed by atoms with van der Waals surface area (Å²) in [6, 6.07) is 0. The second-order valence-corrected chi connectivity index (χ2v) is 7.22. The highest BCUT2D eigenvalue weighted by Crippen LogP contribution is 2.28. The zero-order valence-corrected chi connectivity index (χ0v) is 18.0. The van der Waals surface area contributed by atoms with Gasteiger partial charge in [-0.05, 0) is 23.2 Å². The van der Waals surface area contributed by atoms with Crippen LogP contribution in [0.2, 0.25) is 0 Å². The molecule has 2 N–H and O–H groups in total. The number of hydrogen-bond acceptors (Lipinski definition) is 6. The molecule has 0 atom stereocenters. The minimum absolute atomic E-state index is 0.105. The average molecular weight is 530 g/mol. The van der Waals surface area contributed by atoms with E-state index in [2.05, 4.69) is 10.6 Å². The Morgan fingerprint density at radius 2 is 0.923 bits per heavy atom. The molecule has 0 unspecified atom stereocenters. The topological polar surface area (TPSA) is 110 Å². The van der Waals surface area contributed by atoms with Crippen molar-refractivity contribution in [1.82, 2.24) is 10.6 Å². The van der Waals surface area contributed by atoms with E-state index < -0.39 is 39.2 Å². The molecule has 8 nitrogen and oxygen atoms in total. The van der Waals surface area contributed by atoms with Crippen LogP contribution in [0.15, 0.2) is 40.8 Å². The first kappa shape index (κ1) is 25.7. The standard InChI is InChI=1S/C10H6Cl8N4O4/c11-3(7(13)14)5(9(17)21(23)24)19-1-2-20-6(4(12)8(15)16)10(18)22(25)26/h19-20H,1-2H2/b9-5+,10-6+. The van der Waals surface area contributed by atoms with Crippen molar-refractivity contribution in [3.8, 4) is 0 Å². The van der Waals surface area contributed by atoms with Crippen LogP contribution < -0.4 is 10.6 Å². The first-order valence-electron chi connectivity index (χ1n) is 5.90. The molecule has 0 rings (SSSR count). The molecule has 0 bridgehead atoms. The first-order valence-corrected chi connectivity index (χ1v) is 8.92. The molecular weight excluding hydrogens is 524 g/mol. The summed E-state index contributed by atoms with van der Waals surface area (Å²) in [6.07, 6.45) is 0. The Kier molecular flexibility index (Phi) is 12.0. The van der Waals surface area contributed by atoms with Crippen LogP contribution >= 0.6 is 92.8 Å². The quantitative estimate of drug-likeness (QED) is 0.138. The second-order valence-electron chi connectivity index (χ2n) is 3.85. The Morgan fingerprint density at radius 1 is 0.654 bits per heavy atom. The van der Waals surface area contributed by atoms with Crippen LogP contribution in [0.5, 0.6) is 0 Å². The summed E-state index contributed by atoms with van der Waals surface area (Å²) in [5, 5.41) is 24.0. The fraction of sp³-hybridized carbons (Fsp3) is 0.200. The highest BCUT2D eigenvalue weighted by atomic mass is 35.5. The van der Waals surface area contributed by atoms with Gasteiger partial charge in [0.15, 0.2) is 0 Å². The van der Waals surface area contributed by atoms with Crippen LogP contribution in [0.25, 0.3) is 0 Å². The van der Waals surface area contributed by atoms with Gasteiger partial charge < -0.3 is 10.6 Å². The van der Waals surface area contributed by atoms with Gasteiger partial charge in [0, 0.05) is 13.1 Å². The molecule has 0 heterocycles. The molecule has 16 heteroatoms. The van der Waals surface area contributed by atoms with E-state index in [-0.39, 0.29) is 24.5 Å². The maximum Gasteiger partial charge on any atom is 0.361 e. The van der Waals surface area contributed by atoms with Gasteiger partial charge in [-0.25, -0.2) is 0 Å². The summed E-state index contributed by atoms with van der Waals surface area (Å²) < 4.78 is -0.946. The van der Waals surface area contributed by atoms with Crippen LogP contribution in [0.4, 0.5) is 0 Å². The van der Waals surface area contributed by atoms with Crippen LogP contribution in [0, 0.1) is 20.2 Å². The molecule has 146 valence electrons. The van der Waals surface area contributed by atoms with E-state index in [0.717, 1.165) is 0 Å². The van der Waals surface area contributed by atoms with Crippen molar-refractivity contribution in [2.45, 2.75) is 0 Å². The molecule has 26 heavy (non-hydrogen) atoms. The van der Waals surface area contributed by atoms with Crippen LogP contribution in [-0.4, -0.2) is 22.9 Å².